The second kappa shape index (κ2) is 10.9. The van der Waals surface area contributed by atoms with Gasteiger partial charge in [-0.15, -0.1) is 0 Å². The molecule has 1 aromatic heterocycles. The summed E-state index contributed by atoms with van der Waals surface area (Å²) in [5.74, 6) is 3.12. The minimum Gasteiger partial charge on any atom is -0.390 e. The van der Waals surface area contributed by atoms with Gasteiger partial charge in [-0.2, -0.15) is 15.0 Å². The molecular formula is C30H44ClN3O3. The van der Waals surface area contributed by atoms with Gasteiger partial charge < -0.3 is 9.84 Å². The molecule has 6 nitrogen and oxygen atoms in total. The highest BCUT2D eigenvalue weighted by atomic mass is 35.5. The summed E-state index contributed by atoms with van der Waals surface area (Å²) in [7, 11) is 1.74. The van der Waals surface area contributed by atoms with Gasteiger partial charge in [0.25, 0.3) is 0 Å². The highest BCUT2D eigenvalue weighted by molar-refractivity contribution is 6.31. The summed E-state index contributed by atoms with van der Waals surface area (Å²) in [6, 6.07) is 5.47. The van der Waals surface area contributed by atoms with E-state index in [4.69, 9.17) is 16.3 Å². The van der Waals surface area contributed by atoms with E-state index < -0.39 is 5.60 Å². The molecule has 5 rings (SSSR count). The molecule has 1 heterocycles. The van der Waals surface area contributed by atoms with Crippen LogP contribution >= 0.6 is 11.6 Å². The Hall–Kier alpha value is -1.50. The van der Waals surface area contributed by atoms with E-state index in [1.54, 1.807) is 18.0 Å². The summed E-state index contributed by atoms with van der Waals surface area (Å²) in [4.78, 5) is 15.1. The molecule has 0 radical (unpaired) electrons. The fourth-order valence-electron chi connectivity index (χ4n) is 8.51. The minimum absolute atomic E-state index is 0.0911. The van der Waals surface area contributed by atoms with Crippen LogP contribution in [0, 0.1) is 35.0 Å². The number of hydrogen-bond acceptors (Lipinski definition) is 5. The average molecular weight is 530 g/mol. The SMILES string of the molecule is COCCCCC(C)(O)C[C@H]1CC[C@@H]2[C@H](CC[C@]3(C)[C@@H](C(=O)Cn4nc5ccc(Cl)cc5n4)CC[C@@H]23)C1. The van der Waals surface area contributed by atoms with Crippen molar-refractivity contribution in [1.29, 1.82) is 0 Å². The van der Waals surface area contributed by atoms with E-state index in [0.717, 1.165) is 68.0 Å². The lowest BCUT2D eigenvalue weighted by Gasteiger charge is -2.52. The number of rotatable bonds is 10. The number of hydrogen-bond donors (Lipinski definition) is 1. The number of carbonyl (C=O) groups is 1. The van der Waals surface area contributed by atoms with Crippen molar-refractivity contribution in [3.8, 4) is 0 Å². The first kappa shape index (κ1) is 27.1. The van der Waals surface area contributed by atoms with E-state index in [-0.39, 0.29) is 23.7 Å². The van der Waals surface area contributed by atoms with Gasteiger partial charge in [-0.25, -0.2) is 0 Å². The van der Waals surface area contributed by atoms with Gasteiger partial charge in [-0.1, -0.05) is 24.9 Å². The zero-order chi connectivity index (χ0) is 26.2. The molecule has 37 heavy (non-hydrogen) atoms. The Morgan fingerprint density at radius 3 is 2.81 bits per heavy atom. The van der Waals surface area contributed by atoms with Gasteiger partial charge in [-0.05, 0) is 118 Å². The van der Waals surface area contributed by atoms with Crippen molar-refractivity contribution >= 4 is 28.4 Å². The molecule has 7 heteroatoms. The molecule has 0 aliphatic heterocycles. The Morgan fingerprint density at radius 2 is 2.00 bits per heavy atom. The molecule has 1 unspecified atom stereocenters. The molecular weight excluding hydrogens is 486 g/mol. The molecule has 0 bridgehead atoms. The third kappa shape index (κ3) is 5.77. The van der Waals surface area contributed by atoms with Crippen molar-refractivity contribution in [2.24, 2.45) is 35.0 Å². The number of aliphatic hydroxyl groups is 1. The summed E-state index contributed by atoms with van der Waals surface area (Å²) < 4.78 is 5.16. The first-order chi connectivity index (χ1) is 17.7. The Labute approximate surface area is 226 Å². The van der Waals surface area contributed by atoms with Crippen molar-refractivity contribution in [2.75, 3.05) is 13.7 Å². The Balaban J connectivity index is 1.18. The van der Waals surface area contributed by atoms with Crippen LogP contribution in [0.2, 0.25) is 5.02 Å². The van der Waals surface area contributed by atoms with Crippen LogP contribution in [-0.2, 0) is 16.1 Å². The fraction of sp³-hybridized carbons (Fsp3) is 0.767. The van der Waals surface area contributed by atoms with Crippen LogP contribution < -0.4 is 0 Å². The predicted molar refractivity (Wildman–Crippen MR) is 146 cm³/mol. The van der Waals surface area contributed by atoms with E-state index in [1.165, 1.54) is 32.1 Å². The Bertz CT molecular complexity index is 1100. The topological polar surface area (TPSA) is 77.2 Å². The Kier molecular flexibility index (Phi) is 8.00. The van der Waals surface area contributed by atoms with Crippen LogP contribution in [0.5, 0.6) is 0 Å². The molecule has 1 N–H and O–H groups in total. The number of ketones is 1. The molecule has 3 aliphatic rings. The van der Waals surface area contributed by atoms with Crippen LogP contribution in [0.25, 0.3) is 11.0 Å². The van der Waals surface area contributed by atoms with E-state index in [2.05, 4.69) is 17.1 Å². The molecule has 204 valence electrons. The lowest BCUT2D eigenvalue weighted by Crippen LogP contribution is -2.46. The summed E-state index contributed by atoms with van der Waals surface area (Å²) in [5.41, 5.74) is 1.03. The predicted octanol–water partition coefficient (Wildman–Crippen LogP) is 6.47. The third-order valence-electron chi connectivity index (χ3n) is 10.2. The van der Waals surface area contributed by atoms with Crippen LogP contribution in [0.1, 0.15) is 84.5 Å². The van der Waals surface area contributed by atoms with Crippen molar-refractivity contribution in [1.82, 2.24) is 15.0 Å². The molecule has 0 saturated heterocycles. The van der Waals surface area contributed by atoms with E-state index in [0.29, 0.717) is 16.9 Å². The van der Waals surface area contributed by atoms with Crippen molar-refractivity contribution in [3.63, 3.8) is 0 Å². The largest absolute Gasteiger partial charge is 0.390 e. The molecule has 2 aromatic rings. The third-order valence-corrected chi connectivity index (χ3v) is 10.5. The van der Waals surface area contributed by atoms with Crippen LogP contribution in [0.15, 0.2) is 18.2 Å². The number of ether oxygens (including phenoxy) is 1. The summed E-state index contributed by atoms with van der Waals surface area (Å²) in [5, 5.41) is 20.7. The smallest absolute Gasteiger partial charge is 0.159 e. The lowest BCUT2D eigenvalue weighted by atomic mass is 9.53. The van der Waals surface area contributed by atoms with Crippen LogP contribution in [0.3, 0.4) is 0 Å². The average Bonchev–Trinajstić information content (AvgIpc) is 3.41. The number of carbonyl (C=O) groups excluding carboxylic acids is 1. The van der Waals surface area contributed by atoms with E-state index in [9.17, 15) is 9.90 Å². The highest BCUT2D eigenvalue weighted by Gasteiger charge is 2.56. The van der Waals surface area contributed by atoms with Gasteiger partial charge in [0.1, 0.15) is 17.6 Å². The molecule has 0 amide bonds. The summed E-state index contributed by atoms with van der Waals surface area (Å²) in [6.45, 7) is 5.45. The van der Waals surface area contributed by atoms with Crippen LogP contribution in [-0.4, -0.2) is 45.2 Å². The maximum absolute atomic E-state index is 13.6. The van der Waals surface area contributed by atoms with Crippen LogP contribution in [0.4, 0.5) is 0 Å². The van der Waals surface area contributed by atoms with Gasteiger partial charge in [0, 0.05) is 24.7 Å². The zero-order valence-corrected chi connectivity index (χ0v) is 23.6. The maximum atomic E-state index is 13.6. The van der Waals surface area contributed by atoms with E-state index >= 15 is 0 Å². The first-order valence-corrected chi connectivity index (χ1v) is 14.8. The molecule has 3 aliphatic carbocycles. The van der Waals surface area contributed by atoms with Crippen molar-refractivity contribution in [2.45, 2.75) is 96.6 Å². The Morgan fingerprint density at radius 1 is 1.19 bits per heavy atom. The quantitative estimate of drug-likeness (QED) is 0.357. The molecule has 7 atom stereocenters. The van der Waals surface area contributed by atoms with Crippen molar-refractivity contribution in [3.05, 3.63) is 23.2 Å². The fourth-order valence-corrected chi connectivity index (χ4v) is 8.68. The molecule has 0 spiro atoms. The zero-order valence-electron chi connectivity index (χ0n) is 22.8. The van der Waals surface area contributed by atoms with Gasteiger partial charge in [0.15, 0.2) is 5.78 Å². The number of halogens is 1. The number of fused-ring (bicyclic) bond motifs is 4. The first-order valence-electron chi connectivity index (χ1n) is 14.4. The molecule has 3 saturated carbocycles. The number of aromatic nitrogens is 3. The second-order valence-corrected chi connectivity index (χ2v) is 13.3. The highest BCUT2D eigenvalue weighted by Crippen LogP contribution is 2.62. The monoisotopic (exact) mass is 529 g/mol. The molecule has 1 aromatic carbocycles. The standard InChI is InChI=1S/C30H44ClN3O3/c1-29(36,13-4-5-15-37-3)18-20-6-8-23-21(16-20)12-14-30(2)24(23)9-10-25(30)28(35)19-34-32-26-11-7-22(31)17-27(26)33-34/h7,11,17,20-21,23-25,36H,4-6,8-10,12-16,18-19H2,1-3H3/t20-,21+,23+,24-,25+,29?,30-/m0/s1. The van der Waals surface area contributed by atoms with E-state index in [1.807, 2.05) is 19.1 Å². The number of benzene rings is 1. The lowest BCUT2D eigenvalue weighted by molar-refractivity contribution is -0.130. The minimum atomic E-state index is -0.573. The van der Waals surface area contributed by atoms with Gasteiger partial charge >= 0.3 is 0 Å². The molecule has 3 fully saturated rings. The maximum Gasteiger partial charge on any atom is 0.159 e. The number of nitrogens with zero attached hydrogens (tertiary/aromatic N) is 3. The van der Waals surface area contributed by atoms with Gasteiger partial charge in [-0.3, -0.25) is 4.79 Å². The van der Waals surface area contributed by atoms with Crippen molar-refractivity contribution < 1.29 is 14.6 Å². The second-order valence-electron chi connectivity index (χ2n) is 12.9. The number of unbranched alkanes of at least 4 members (excludes halogenated alkanes) is 1. The normalized spacial score (nSPS) is 33.2. The number of Topliss-reactive ketones (excluding diaryl/α,β-unsaturated/α-hetero) is 1. The summed E-state index contributed by atoms with van der Waals surface area (Å²) in [6.07, 6.45) is 12.1. The van der Waals surface area contributed by atoms with Gasteiger partial charge in [0.05, 0.1) is 5.60 Å². The van der Waals surface area contributed by atoms with Gasteiger partial charge in [0.2, 0.25) is 0 Å². The summed E-state index contributed by atoms with van der Waals surface area (Å²) >= 11 is 6.10. The number of methoxy groups -OCH3 is 1.